The second-order valence-corrected chi connectivity index (χ2v) is 4.85. The molecule has 0 amide bonds. The summed E-state index contributed by atoms with van der Waals surface area (Å²) in [4.78, 5) is 0.789. The predicted octanol–water partition coefficient (Wildman–Crippen LogP) is 2.86. The van der Waals surface area contributed by atoms with Gasteiger partial charge in [-0.1, -0.05) is 20.8 Å². The van der Waals surface area contributed by atoms with Crippen LogP contribution in [0.5, 0.6) is 5.75 Å². The molecule has 0 unspecified atom stereocenters. The highest BCUT2D eigenvalue weighted by Gasteiger charge is 2.16. The Hall–Kier alpha value is -0.830. The number of methoxy groups -OCH3 is 1. The Morgan fingerprint density at radius 2 is 1.86 bits per heavy atom. The number of benzene rings is 1. The lowest BCUT2D eigenvalue weighted by Gasteiger charge is -2.21. The molecule has 0 atom stereocenters. The monoisotopic (exact) mass is 211 g/mol. The van der Waals surface area contributed by atoms with E-state index in [1.807, 2.05) is 12.1 Å². The van der Waals surface area contributed by atoms with Gasteiger partial charge in [-0.05, 0) is 23.1 Å². The van der Waals surface area contributed by atoms with E-state index in [1.165, 1.54) is 5.56 Å². The molecule has 14 heavy (non-hydrogen) atoms. The number of ether oxygens (including phenoxy) is 1. The van der Waals surface area contributed by atoms with Crippen molar-refractivity contribution in [1.29, 1.82) is 0 Å². The summed E-state index contributed by atoms with van der Waals surface area (Å²) >= 11 is 4.34. The molecule has 0 aliphatic rings. The van der Waals surface area contributed by atoms with E-state index in [0.717, 1.165) is 4.90 Å². The van der Waals surface area contributed by atoms with Crippen molar-refractivity contribution in [2.45, 2.75) is 31.1 Å². The second-order valence-electron chi connectivity index (χ2n) is 4.37. The normalized spacial score (nSPS) is 11.5. The van der Waals surface area contributed by atoms with Gasteiger partial charge in [0.05, 0.1) is 12.8 Å². The maximum Gasteiger partial charge on any atom is 0.155 e. The Balaban J connectivity index is 3.28. The fraction of sp³-hybridized carbons (Fsp3) is 0.455. The van der Waals surface area contributed by atoms with Gasteiger partial charge in [-0.25, -0.2) is 0 Å². The molecule has 1 aromatic carbocycles. The van der Waals surface area contributed by atoms with Gasteiger partial charge in [-0.15, -0.1) is 12.6 Å². The Kier molecular flexibility index (Phi) is 3.00. The van der Waals surface area contributed by atoms with Gasteiger partial charge in [0.15, 0.2) is 5.75 Å². The number of nitrogens with two attached hydrogens (primary N) is 1. The summed E-state index contributed by atoms with van der Waals surface area (Å²) in [6.45, 7) is 6.42. The first-order chi connectivity index (χ1) is 6.36. The highest BCUT2D eigenvalue weighted by molar-refractivity contribution is 7.80. The topological polar surface area (TPSA) is 35.2 Å². The Labute approximate surface area is 90.9 Å². The third-order valence-corrected chi connectivity index (χ3v) is 2.50. The Morgan fingerprint density at radius 3 is 2.21 bits per heavy atom. The maximum atomic E-state index is 5.86. The molecule has 3 heteroatoms. The summed E-state index contributed by atoms with van der Waals surface area (Å²) in [5.74, 6) is 0.654. The van der Waals surface area contributed by atoms with E-state index in [2.05, 4.69) is 33.4 Å². The van der Waals surface area contributed by atoms with E-state index in [9.17, 15) is 0 Å². The summed E-state index contributed by atoms with van der Waals surface area (Å²) in [5.41, 5.74) is 7.75. The summed E-state index contributed by atoms with van der Waals surface area (Å²) in [6, 6.07) is 3.94. The van der Waals surface area contributed by atoms with Crippen molar-refractivity contribution in [2.24, 2.45) is 0 Å². The summed E-state index contributed by atoms with van der Waals surface area (Å²) < 4.78 is 5.14. The number of rotatable bonds is 1. The van der Waals surface area contributed by atoms with Crippen molar-refractivity contribution < 1.29 is 4.74 Å². The minimum Gasteiger partial charge on any atom is -0.493 e. The SMILES string of the molecule is COc1c(N)cc(C(C)(C)C)cc1S. The van der Waals surface area contributed by atoms with Crippen LogP contribution in [0, 0.1) is 0 Å². The van der Waals surface area contributed by atoms with Crippen LogP contribution in [0.1, 0.15) is 26.3 Å². The third kappa shape index (κ3) is 2.15. The standard InChI is InChI=1S/C11H17NOS/c1-11(2,3)7-5-8(12)10(13-4)9(14)6-7/h5-6,14H,12H2,1-4H3. The van der Waals surface area contributed by atoms with E-state index in [-0.39, 0.29) is 5.41 Å². The maximum absolute atomic E-state index is 5.86. The average Bonchev–Trinajstić information content (AvgIpc) is 2.01. The van der Waals surface area contributed by atoms with Gasteiger partial charge in [0.2, 0.25) is 0 Å². The molecule has 78 valence electrons. The zero-order valence-corrected chi connectivity index (χ0v) is 9.98. The molecule has 1 aromatic rings. The minimum atomic E-state index is 0.0812. The van der Waals surface area contributed by atoms with Crippen LogP contribution >= 0.6 is 12.6 Å². The number of hydrogen-bond donors (Lipinski definition) is 2. The molecule has 0 aromatic heterocycles. The van der Waals surface area contributed by atoms with E-state index in [0.29, 0.717) is 11.4 Å². The smallest absolute Gasteiger partial charge is 0.155 e. The van der Waals surface area contributed by atoms with Gasteiger partial charge < -0.3 is 10.5 Å². The van der Waals surface area contributed by atoms with Crippen LogP contribution in [0.15, 0.2) is 17.0 Å². The molecule has 0 fully saturated rings. The summed E-state index contributed by atoms with van der Waals surface area (Å²) in [5, 5.41) is 0. The molecule has 0 spiro atoms. The lowest BCUT2D eigenvalue weighted by Crippen LogP contribution is -2.12. The van der Waals surface area contributed by atoms with Crippen LogP contribution < -0.4 is 10.5 Å². The fourth-order valence-corrected chi connectivity index (χ4v) is 1.65. The van der Waals surface area contributed by atoms with Gasteiger partial charge in [-0.2, -0.15) is 0 Å². The quantitative estimate of drug-likeness (QED) is 0.553. The van der Waals surface area contributed by atoms with Crippen LogP contribution in [0.25, 0.3) is 0 Å². The van der Waals surface area contributed by atoms with Crippen LogP contribution in [0.3, 0.4) is 0 Å². The molecule has 0 saturated carbocycles. The number of anilines is 1. The number of nitrogen functional groups attached to an aromatic ring is 1. The van der Waals surface area contributed by atoms with Gasteiger partial charge >= 0.3 is 0 Å². The van der Waals surface area contributed by atoms with Crippen molar-refractivity contribution in [3.8, 4) is 5.75 Å². The van der Waals surface area contributed by atoms with Crippen molar-refractivity contribution >= 4 is 18.3 Å². The van der Waals surface area contributed by atoms with Crippen LogP contribution in [-0.2, 0) is 5.41 Å². The van der Waals surface area contributed by atoms with Gasteiger partial charge in [0.25, 0.3) is 0 Å². The molecule has 2 N–H and O–H groups in total. The van der Waals surface area contributed by atoms with E-state index in [1.54, 1.807) is 7.11 Å². The van der Waals surface area contributed by atoms with Crippen molar-refractivity contribution in [2.75, 3.05) is 12.8 Å². The van der Waals surface area contributed by atoms with Gasteiger partial charge in [0.1, 0.15) is 0 Å². The van der Waals surface area contributed by atoms with Crippen molar-refractivity contribution in [1.82, 2.24) is 0 Å². The lowest BCUT2D eigenvalue weighted by molar-refractivity contribution is 0.406. The number of hydrogen-bond acceptors (Lipinski definition) is 3. The lowest BCUT2D eigenvalue weighted by atomic mass is 9.87. The first-order valence-corrected chi connectivity index (χ1v) is 4.98. The third-order valence-electron chi connectivity index (χ3n) is 2.17. The number of thiol groups is 1. The van der Waals surface area contributed by atoms with Crippen molar-refractivity contribution in [3.63, 3.8) is 0 Å². The van der Waals surface area contributed by atoms with E-state index < -0.39 is 0 Å². The Bertz CT molecular complexity index is 319. The van der Waals surface area contributed by atoms with E-state index in [4.69, 9.17) is 10.5 Å². The molecular formula is C11H17NOS. The largest absolute Gasteiger partial charge is 0.493 e. The fourth-order valence-electron chi connectivity index (χ4n) is 1.29. The predicted molar refractivity (Wildman–Crippen MR) is 63.4 cm³/mol. The highest BCUT2D eigenvalue weighted by Crippen LogP contribution is 2.35. The molecule has 0 saturated heterocycles. The first-order valence-electron chi connectivity index (χ1n) is 4.53. The van der Waals surface area contributed by atoms with E-state index >= 15 is 0 Å². The van der Waals surface area contributed by atoms with Crippen LogP contribution in [0.4, 0.5) is 5.69 Å². The van der Waals surface area contributed by atoms with Crippen molar-refractivity contribution in [3.05, 3.63) is 17.7 Å². The molecular weight excluding hydrogens is 194 g/mol. The van der Waals surface area contributed by atoms with Crippen LogP contribution in [0.2, 0.25) is 0 Å². The zero-order valence-electron chi connectivity index (χ0n) is 9.09. The summed E-state index contributed by atoms with van der Waals surface area (Å²) in [6.07, 6.45) is 0. The molecule has 0 radical (unpaired) electrons. The molecule has 1 rings (SSSR count). The Morgan fingerprint density at radius 1 is 1.29 bits per heavy atom. The second kappa shape index (κ2) is 3.73. The summed E-state index contributed by atoms with van der Waals surface area (Å²) in [7, 11) is 1.60. The molecule has 0 aliphatic heterocycles. The minimum absolute atomic E-state index is 0.0812. The molecule has 0 heterocycles. The first kappa shape index (κ1) is 11.2. The zero-order chi connectivity index (χ0) is 10.9. The van der Waals surface area contributed by atoms with Gasteiger partial charge in [-0.3, -0.25) is 0 Å². The molecule has 0 aliphatic carbocycles. The molecule has 2 nitrogen and oxygen atoms in total. The average molecular weight is 211 g/mol. The molecule has 0 bridgehead atoms. The van der Waals surface area contributed by atoms with Gasteiger partial charge in [0, 0.05) is 4.90 Å². The van der Waals surface area contributed by atoms with Crippen LogP contribution in [-0.4, -0.2) is 7.11 Å². The highest BCUT2D eigenvalue weighted by atomic mass is 32.1.